The molecule has 0 bridgehead atoms. The molecule has 27 heavy (non-hydrogen) atoms. The van der Waals surface area contributed by atoms with Crippen molar-refractivity contribution >= 4 is 35.8 Å². The zero-order valence-corrected chi connectivity index (χ0v) is 13.5. The van der Waals surface area contributed by atoms with Crippen molar-refractivity contribution in [2.75, 3.05) is 6.79 Å². The molecule has 0 spiro atoms. The number of carboxylic acid groups (broad SMARTS) is 4. The average Bonchev–Trinajstić information content (AvgIpc) is 2.43. The van der Waals surface area contributed by atoms with Crippen molar-refractivity contribution in [2.24, 2.45) is 0 Å². The lowest BCUT2D eigenvalue weighted by molar-refractivity contribution is -0.197. The van der Waals surface area contributed by atoms with Crippen LogP contribution in [0.4, 0.5) is 0 Å². The molecule has 0 fully saturated rings. The Labute approximate surface area is 149 Å². The first-order valence-electron chi connectivity index (χ1n) is 6.88. The van der Waals surface area contributed by atoms with Crippen molar-refractivity contribution in [3.05, 3.63) is 0 Å². The monoisotopic (exact) mass is 396 g/mol. The maximum absolute atomic E-state index is 11.7. The lowest BCUT2D eigenvalue weighted by Crippen LogP contribution is -2.46. The molecule has 0 unspecified atom stereocenters. The van der Waals surface area contributed by atoms with Crippen LogP contribution < -0.4 is 0 Å². The number of ether oxygens (including phenoxy) is 2. The third kappa shape index (κ3) is 8.10. The minimum atomic E-state index is -3.00. The summed E-state index contributed by atoms with van der Waals surface area (Å²) in [4.78, 5) is 65.9. The molecule has 6 N–H and O–H groups in total. The van der Waals surface area contributed by atoms with E-state index in [-0.39, 0.29) is 0 Å². The van der Waals surface area contributed by atoms with Gasteiger partial charge in [0.25, 0.3) is 0 Å². The molecule has 14 nitrogen and oxygen atoms in total. The van der Waals surface area contributed by atoms with Crippen molar-refractivity contribution in [3.63, 3.8) is 0 Å². The Balaban J connectivity index is 5.03. The predicted molar refractivity (Wildman–Crippen MR) is 76.0 cm³/mol. The van der Waals surface area contributed by atoms with Crippen LogP contribution in [-0.4, -0.2) is 84.5 Å². The highest BCUT2D eigenvalue weighted by atomic mass is 16.7. The van der Waals surface area contributed by atoms with Gasteiger partial charge in [0.2, 0.25) is 6.79 Å². The van der Waals surface area contributed by atoms with E-state index in [0.717, 1.165) is 0 Å². The van der Waals surface area contributed by atoms with E-state index in [9.17, 15) is 39.0 Å². The zero-order valence-electron chi connectivity index (χ0n) is 13.5. The van der Waals surface area contributed by atoms with Gasteiger partial charge < -0.3 is 40.1 Å². The van der Waals surface area contributed by atoms with Gasteiger partial charge in [0, 0.05) is 0 Å². The number of carbonyl (C=O) groups is 6. The number of carbonyl (C=O) groups excluding carboxylic acids is 2. The Morgan fingerprint density at radius 3 is 0.963 bits per heavy atom. The van der Waals surface area contributed by atoms with Crippen LogP contribution in [0.2, 0.25) is 0 Å². The Kier molecular flexibility index (Phi) is 8.30. The molecule has 0 heterocycles. The summed E-state index contributed by atoms with van der Waals surface area (Å²) in [6, 6.07) is 0. The van der Waals surface area contributed by atoms with E-state index in [1.807, 2.05) is 0 Å². The van der Waals surface area contributed by atoms with Crippen LogP contribution in [-0.2, 0) is 38.2 Å². The lowest BCUT2D eigenvalue weighted by atomic mass is 9.95. The third-order valence-corrected chi connectivity index (χ3v) is 2.91. The molecule has 0 aliphatic rings. The second kappa shape index (κ2) is 9.44. The van der Waals surface area contributed by atoms with Gasteiger partial charge in [0.15, 0.2) is 11.2 Å². The Morgan fingerprint density at radius 1 is 0.556 bits per heavy atom. The number of hydrogen-bond acceptors (Lipinski definition) is 10. The van der Waals surface area contributed by atoms with Gasteiger partial charge in [-0.3, -0.25) is 19.2 Å². The van der Waals surface area contributed by atoms with E-state index in [0.29, 0.717) is 0 Å². The quantitative estimate of drug-likeness (QED) is 0.146. The highest BCUT2D eigenvalue weighted by molar-refractivity contribution is 5.90. The summed E-state index contributed by atoms with van der Waals surface area (Å²) in [5.74, 6) is -10.6. The highest BCUT2D eigenvalue weighted by Gasteiger charge is 2.44. The van der Waals surface area contributed by atoms with Gasteiger partial charge in [0.05, 0.1) is 25.7 Å². The number of rotatable bonds is 12. The summed E-state index contributed by atoms with van der Waals surface area (Å²) in [6.07, 6.45) is -5.41. The maximum Gasteiger partial charge on any atom is 0.342 e. The molecule has 0 radical (unpaired) electrons. The molecule has 152 valence electrons. The second-order valence-electron chi connectivity index (χ2n) is 5.33. The lowest BCUT2D eigenvalue weighted by Gasteiger charge is -2.24. The molecule has 0 aromatic carbocycles. The molecule has 0 atom stereocenters. The van der Waals surface area contributed by atoms with Gasteiger partial charge in [0.1, 0.15) is 0 Å². The molecule has 0 rings (SSSR count). The third-order valence-electron chi connectivity index (χ3n) is 2.91. The summed E-state index contributed by atoms with van der Waals surface area (Å²) in [5.41, 5.74) is -6.00. The minimum absolute atomic E-state index is 1.35. The number of aliphatic carboxylic acids is 4. The summed E-state index contributed by atoms with van der Waals surface area (Å²) in [6.45, 7) is -1.39. The topological polar surface area (TPSA) is 242 Å². The molecule has 0 aliphatic carbocycles. The first kappa shape index (κ1) is 23.7. The summed E-state index contributed by atoms with van der Waals surface area (Å²) >= 11 is 0. The fourth-order valence-corrected chi connectivity index (χ4v) is 1.82. The molecule has 0 aromatic heterocycles. The maximum atomic E-state index is 11.7. The average molecular weight is 396 g/mol. The molecule has 0 amide bonds. The van der Waals surface area contributed by atoms with Crippen LogP contribution in [0.3, 0.4) is 0 Å². The van der Waals surface area contributed by atoms with Gasteiger partial charge in [-0.1, -0.05) is 0 Å². The first-order valence-corrected chi connectivity index (χ1v) is 6.88. The molecular formula is C13H16O14. The fourth-order valence-electron chi connectivity index (χ4n) is 1.82. The molecule has 0 saturated heterocycles. The van der Waals surface area contributed by atoms with E-state index in [4.69, 9.17) is 20.4 Å². The van der Waals surface area contributed by atoms with Crippen LogP contribution in [0.5, 0.6) is 0 Å². The van der Waals surface area contributed by atoms with E-state index in [2.05, 4.69) is 9.47 Å². The highest BCUT2D eigenvalue weighted by Crippen LogP contribution is 2.20. The zero-order chi connectivity index (χ0) is 21.4. The Hall–Kier alpha value is -3.26. The number of esters is 2. The smallest absolute Gasteiger partial charge is 0.342 e. The SMILES string of the molecule is O=C(O)CC(O)(CC(=O)O)C(=O)OCOC(=O)C(O)(CC(=O)O)CC(=O)O. The molecular weight excluding hydrogens is 380 g/mol. The number of aliphatic hydroxyl groups is 2. The number of hydrogen-bond donors (Lipinski definition) is 6. The Bertz CT molecular complexity index is 549. The van der Waals surface area contributed by atoms with Crippen molar-refractivity contribution in [3.8, 4) is 0 Å². The van der Waals surface area contributed by atoms with Crippen molar-refractivity contribution in [1.29, 1.82) is 0 Å². The van der Waals surface area contributed by atoms with E-state index in [1.54, 1.807) is 0 Å². The van der Waals surface area contributed by atoms with Gasteiger partial charge in [-0.15, -0.1) is 0 Å². The van der Waals surface area contributed by atoms with Crippen molar-refractivity contribution in [2.45, 2.75) is 36.9 Å². The molecule has 14 heteroatoms. The van der Waals surface area contributed by atoms with E-state index < -0.39 is 79.5 Å². The Morgan fingerprint density at radius 2 is 0.778 bits per heavy atom. The standard InChI is InChI=1S/C13H16O14/c14-6(15)1-12(24,2-7(16)17)10(22)26-5-27-11(23)13(25,3-8(18)19)4-9(20)21/h24-25H,1-5H2,(H,14,15)(H,16,17)(H,18,19)(H,20,21). The molecule has 0 saturated carbocycles. The summed E-state index contributed by atoms with van der Waals surface area (Å²) in [5, 5.41) is 54.0. The van der Waals surface area contributed by atoms with Crippen molar-refractivity contribution < 1.29 is 68.9 Å². The predicted octanol–water partition coefficient (Wildman–Crippen LogP) is -2.61. The van der Waals surface area contributed by atoms with E-state index in [1.165, 1.54) is 0 Å². The van der Waals surface area contributed by atoms with Gasteiger partial charge >= 0.3 is 35.8 Å². The summed E-state index contributed by atoms with van der Waals surface area (Å²) < 4.78 is 8.44. The van der Waals surface area contributed by atoms with Gasteiger partial charge in [-0.05, 0) is 0 Å². The number of carboxylic acids is 4. The molecule has 0 aliphatic heterocycles. The van der Waals surface area contributed by atoms with Crippen LogP contribution >= 0.6 is 0 Å². The second-order valence-corrected chi connectivity index (χ2v) is 5.33. The van der Waals surface area contributed by atoms with Gasteiger partial charge in [-0.2, -0.15) is 0 Å². The summed E-state index contributed by atoms with van der Waals surface area (Å²) in [7, 11) is 0. The van der Waals surface area contributed by atoms with Crippen LogP contribution in [0.25, 0.3) is 0 Å². The van der Waals surface area contributed by atoms with Crippen LogP contribution in [0, 0.1) is 0 Å². The normalized spacial score (nSPS) is 11.3. The largest absolute Gasteiger partial charge is 0.481 e. The van der Waals surface area contributed by atoms with E-state index >= 15 is 0 Å². The van der Waals surface area contributed by atoms with Crippen LogP contribution in [0.15, 0.2) is 0 Å². The van der Waals surface area contributed by atoms with Gasteiger partial charge in [-0.25, -0.2) is 9.59 Å². The minimum Gasteiger partial charge on any atom is -0.481 e. The first-order chi connectivity index (χ1) is 12.2. The van der Waals surface area contributed by atoms with Crippen LogP contribution in [0.1, 0.15) is 25.7 Å². The fraction of sp³-hybridized carbons (Fsp3) is 0.538. The molecule has 0 aromatic rings. The van der Waals surface area contributed by atoms with Crippen molar-refractivity contribution in [1.82, 2.24) is 0 Å².